The van der Waals surface area contributed by atoms with E-state index in [0.717, 1.165) is 32.9 Å². The summed E-state index contributed by atoms with van der Waals surface area (Å²) in [4.78, 5) is 0. The Morgan fingerprint density at radius 3 is 0.921 bits per heavy atom. The highest BCUT2D eigenvalue weighted by molar-refractivity contribution is 7.86. The standard InChI is InChI=1S/C28H60NO2.C2H6O4S/c1-5-7-9-11-13-15-17-19-21-23-25-29(27(3)30,28(4)31)26-24-22-20-18-16-14-12-10-8-6-2;1-2(3)7(4,5)6/h27-28,30-31H,5-26H2,1-4H3;2-3H,1H3,(H,4,5,6)/q+1;/p-1. The topological polar surface area (TPSA) is 118 Å². The van der Waals surface area contributed by atoms with E-state index in [0.29, 0.717) is 4.48 Å². The monoisotopic (exact) mass is 567 g/mol. The lowest BCUT2D eigenvalue weighted by Gasteiger charge is -2.43. The van der Waals surface area contributed by atoms with E-state index >= 15 is 0 Å². The van der Waals surface area contributed by atoms with Gasteiger partial charge in [0.25, 0.3) is 0 Å². The Morgan fingerprint density at radius 1 is 0.526 bits per heavy atom. The van der Waals surface area contributed by atoms with E-state index < -0.39 is 28.0 Å². The zero-order valence-electron chi connectivity index (χ0n) is 25.7. The van der Waals surface area contributed by atoms with Crippen molar-refractivity contribution in [1.29, 1.82) is 0 Å². The fourth-order valence-corrected chi connectivity index (χ4v) is 4.96. The molecule has 7 nitrogen and oxygen atoms in total. The second-order valence-corrected chi connectivity index (χ2v) is 12.9. The van der Waals surface area contributed by atoms with Crippen molar-refractivity contribution < 1.29 is 32.8 Å². The summed E-state index contributed by atoms with van der Waals surface area (Å²) in [7, 11) is -4.44. The average molecular weight is 568 g/mol. The van der Waals surface area contributed by atoms with Crippen molar-refractivity contribution >= 4 is 10.1 Å². The van der Waals surface area contributed by atoms with E-state index in [1.54, 1.807) is 0 Å². The number of unbranched alkanes of at least 4 members (excludes halogenated alkanes) is 18. The van der Waals surface area contributed by atoms with Gasteiger partial charge in [-0.3, -0.25) is 4.48 Å². The van der Waals surface area contributed by atoms with E-state index in [9.17, 15) is 23.2 Å². The van der Waals surface area contributed by atoms with Crippen LogP contribution in [0.1, 0.15) is 163 Å². The molecule has 0 aromatic rings. The van der Waals surface area contributed by atoms with Gasteiger partial charge in [0.15, 0.2) is 12.5 Å². The van der Waals surface area contributed by atoms with Crippen LogP contribution in [0.4, 0.5) is 0 Å². The zero-order valence-corrected chi connectivity index (χ0v) is 26.5. The molecule has 8 heteroatoms. The summed E-state index contributed by atoms with van der Waals surface area (Å²) in [5, 5.41) is 29.1. The molecule has 0 aromatic carbocycles. The van der Waals surface area contributed by atoms with Crippen molar-refractivity contribution in [1.82, 2.24) is 0 Å². The Morgan fingerprint density at radius 2 is 0.737 bits per heavy atom. The molecule has 0 saturated carbocycles. The number of aliphatic hydroxyl groups is 3. The first kappa shape index (κ1) is 39.9. The van der Waals surface area contributed by atoms with Crippen molar-refractivity contribution in [2.45, 2.75) is 181 Å². The van der Waals surface area contributed by atoms with Crippen LogP contribution in [0.25, 0.3) is 0 Å². The molecule has 0 bridgehead atoms. The maximum atomic E-state index is 10.5. The van der Waals surface area contributed by atoms with Crippen molar-refractivity contribution in [3.05, 3.63) is 0 Å². The molecule has 0 spiro atoms. The fourth-order valence-electron chi connectivity index (χ4n) is 4.96. The number of hydrogen-bond donors (Lipinski definition) is 3. The quantitative estimate of drug-likeness (QED) is 0.0465. The van der Waals surface area contributed by atoms with Crippen LogP contribution in [0.3, 0.4) is 0 Å². The molecule has 0 fully saturated rings. The average Bonchev–Trinajstić information content (AvgIpc) is 2.84. The molecule has 0 saturated heterocycles. The minimum absolute atomic E-state index is 0.466. The number of hydrogen-bond acceptors (Lipinski definition) is 6. The van der Waals surface area contributed by atoms with E-state index in [1.807, 2.05) is 13.8 Å². The summed E-state index contributed by atoms with van der Waals surface area (Å²) < 4.78 is 29.0. The number of rotatable bonds is 25. The highest BCUT2D eigenvalue weighted by Gasteiger charge is 2.36. The van der Waals surface area contributed by atoms with Gasteiger partial charge in [-0.2, -0.15) is 0 Å². The summed E-state index contributed by atoms with van der Waals surface area (Å²) in [5.41, 5.74) is -1.78. The third-order valence-electron chi connectivity index (χ3n) is 7.76. The highest BCUT2D eigenvalue weighted by atomic mass is 32.2. The Hall–Kier alpha value is -0.250. The van der Waals surface area contributed by atoms with Gasteiger partial charge in [-0.25, -0.2) is 8.42 Å². The van der Waals surface area contributed by atoms with Crippen LogP contribution in [-0.2, 0) is 10.1 Å². The lowest BCUT2D eigenvalue weighted by molar-refractivity contribution is -1.01. The second kappa shape index (κ2) is 25.7. The molecule has 0 heterocycles. The Labute approximate surface area is 236 Å². The van der Waals surface area contributed by atoms with Gasteiger partial charge in [-0.1, -0.05) is 117 Å². The van der Waals surface area contributed by atoms with Gasteiger partial charge in [0, 0.05) is 13.8 Å². The van der Waals surface area contributed by atoms with Crippen molar-refractivity contribution in [2.24, 2.45) is 0 Å². The number of aliphatic hydroxyl groups excluding tert-OH is 3. The van der Waals surface area contributed by atoms with Gasteiger partial charge in [0.1, 0.15) is 15.6 Å². The fraction of sp³-hybridized carbons (Fsp3) is 1.00. The van der Waals surface area contributed by atoms with Crippen LogP contribution in [0.5, 0.6) is 0 Å². The van der Waals surface area contributed by atoms with Crippen molar-refractivity contribution in [2.75, 3.05) is 13.1 Å². The molecule has 0 aliphatic heterocycles. The van der Waals surface area contributed by atoms with Crippen LogP contribution in [-0.4, -0.2) is 63.8 Å². The van der Waals surface area contributed by atoms with Gasteiger partial charge in [0.05, 0.1) is 13.1 Å². The molecule has 0 aliphatic carbocycles. The van der Waals surface area contributed by atoms with E-state index in [1.165, 1.54) is 116 Å². The molecule has 0 radical (unpaired) electrons. The molecule has 38 heavy (non-hydrogen) atoms. The third-order valence-corrected chi connectivity index (χ3v) is 8.60. The van der Waals surface area contributed by atoms with Crippen LogP contribution in [0.2, 0.25) is 0 Å². The minimum Gasteiger partial charge on any atom is -0.746 e. The number of nitrogens with zero attached hydrogens (tertiary/aromatic N) is 1. The molecule has 3 N–H and O–H groups in total. The van der Waals surface area contributed by atoms with Gasteiger partial charge < -0.3 is 19.9 Å². The Balaban J connectivity index is 0. The molecule has 0 rings (SSSR count). The maximum Gasteiger partial charge on any atom is 0.189 e. The van der Waals surface area contributed by atoms with E-state index in [-0.39, 0.29) is 0 Å². The summed E-state index contributed by atoms with van der Waals surface area (Å²) in [5.74, 6) is 0. The summed E-state index contributed by atoms with van der Waals surface area (Å²) in [6, 6.07) is 0. The van der Waals surface area contributed by atoms with E-state index in [2.05, 4.69) is 13.8 Å². The van der Waals surface area contributed by atoms with Crippen LogP contribution in [0.15, 0.2) is 0 Å². The van der Waals surface area contributed by atoms with Gasteiger partial charge in [0.2, 0.25) is 0 Å². The third kappa shape index (κ3) is 22.6. The molecule has 3 atom stereocenters. The first-order valence-electron chi connectivity index (χ1n) is 15.8. The normalized spacial score (nSPS) is 14.6. The van der Waals surface area contributed by atoms with E-state index in [4.69, 9.17) is 5.11 Å². The van der Waals surface area contributed by atoms with Crippen LogP contribution in [0, 0.1) is 0 Å². The molecule has 232 valence electrons. The Bertz CT molecular complexity index is 562. The lowest BCUT2D eigenvalue weighted by Crippen LogP contribution is -2.60. The largest absolute Gasteiger partial charge is 0.746 e. The maximum absolute atomic E-state index is 10.5. The first-order chi connectivity index (χ1) is 18.0. The molecule has 3 unspecified atom stereocenters. The first-order valence-corrected chi connectivity index (χ1v) is 17.3. The van der Waals surface area contributed by atoms with Crippen molar-refractivity contribution in [3.63, 3.8) is 0 Å². The lowest BCUT2D eigenvalue weighted by atomic mass is 10.0. The SMILES string of the molecule is CC(O)S(=O)(=O)[O-].CCCCCCCCCCCC[N+](CCCCCCCCCCCC)(C(C)O)C(C)O. The van der Waals surface area contributed by atoms with Crippen LogP contribution < -0.4 is 0 Å². The molecular formula is C30H65NO6S. The molecule has 0 amide bonds. The van der Waals surface area contributed by atoms with Gasteiger partial charge in [-0.05, 0) is 32.6 Å². The summed E-state index contributed by atoms with van der Waals surface area (Å²) >= 11 is 0. The Kier molecular flexibility index (Phi) is 27.0. The van der Waals surface area contributed by atoms with Crippen molar-refractivity contribution in [3.8, 4) is 0 Å². The van der Waals surface area contributed by atoms with Gasteiger partial charge >= 0.3 is 0 Å². The molecular weight excluding hydrogens is 502 g/mol. The molecule has 0 aromatic heterocycles. The second-order valence-electron chi connectivity index (χ2n) is 11.3. The minimum atomic E-state index is -4.44. The molecule has 0 aliphatic rings. The van der Waals surface area contributed by atoms with Crippen LogP contribution >= 0.6 is 0 Å². The smallest absolute Gasteiger partial charge is 0.189 e. The zero-order chi connectivity index (χ0) is 29.3. The highest BCUT2D eigenvalue weighted by Crippen LogP contribution is 2.22. The van der Waals surface area contributed by atoms with Gasteiger partial charge in [-0.15, -0.1) is 0 Å². The predicted octanol–water partition coefficient (Wildman–Crippen LogP) is 7.19. The number of quaternary nitrogens is 1. The summed E-state index contributed by atoms with van der Waals surface area (Å²) in [6.45, 7) is 11.0. The predicted molar refractivity (Wildman–Crippen MR) is 158 cm³/mol. The summed E-state index contributed by atoms with van der Waals surface area (Å²) in [6.07, 6.45) is 25.5.